The van der Waals surface area contributed by atoms with Gasteiger partial charge in [0, 0.05) is 4.47 Å². The molecule has 1 unspecified atom stereocenters. The predicted octanol–water partition coefficient (Wildman–Crippen LogP) is 2.81. The van der Waals surface area contributed by atoms with Crippen LogP contribution in [0, 0.1) is 11.7 Å². The highest BCUT2D eigenvalue weighted by Crippen LogP contribution is 2.43. The smallest absolute Gasteiger partial charge is 0.323 e. The van der Waals surface area contributed by atoms with Gasteiger partial charge < -0.3 is 5.32 Å². The van der Waals surface area contributed by atoms with E-state index in [4.69, 9.17) is 0 Å². The fourth-order valence-electron chi connectivity index (χ4n) is 2.62. The van der Waals surface area contributed by atoms with Gasteiger partial charge >= 0.3 is 6.03 Å². The van der Waals surface area contributed by atoms with Gasteiger partial charge in [-0.3, -0.25) is 9.69 Å². The maximum Gasteiger partial charge on any atom is 0.325 e. The van der Waals surface area contributed by atoms with E-state index < -0.39 is 5.54 Å². The monoisotopic (exact) mass is 340 g/mol. The Balaban J connectivity index is 1.84. The fourth-order valence-corrected chi connectivity index (χ4v) is 3.09. The van der Waals surface area contributed by atoms with Gasteiger partial charge in [0.15, 0.2) is 0 Å². The number of halogens is 2. The summed E-state index contributed by atoms with van der Waals surface area (Å²) in [6, 6.07) is 3.85. The van der Waals surface area contributed by atoms with Crippen LogP contribution in [0.25, 0.3) is 0 Å². The van der Waals surface area contributed by atoms with Crippen molar-refractivity contribution in [3.63, 3.8) is 0 Å². The van der Waals surface area contributed by atoms with Crippen LogP contribution in [0.1, 0.15) is 25.3 Å². The number of nitrogens with one attached hydrogen (secondary N) is 1. The minimum Gasteiger partial charge on any atom is -0.323 e. The van der Waals surface area contributed by atoms with Gasteiger partial charge in [-0.2, -0.15) is 0 Å². The fraction of sp³-hybridized carbons (Fsp3) is 0.429. The summed E-state index contributed by atoms with van der Waals surface area (Å²) in [5.41, 5.74) is -0.0706. The number of amides is 3. The molecule has 4 nitrogen and oxygen atoms in total. The first-order valence-electron chi connectivity index (χ1n) is 6.50. The zero-order chi connectivity index (χ0) is 14.5. The number of hydrogen-bond donors (Lipinski definition) is 1. The molecule has 1 aromatic rings. The molecule has 1 aliphatic heterocycles. The molecule has 1 N–H and O–H groups in total. The van der Waals surface area contributed by atoms with Crippen LogP contribution in [0.3, 0.4) is 0 Å². The van der Waals surface area contributed by atoms with E-state index in [1.54, 1.807) is 13.0 Å². The van der Waals surface area contributed by atoms with Gasteiger partial charge in [-0.15, -0.1) is 0 Å². The van der Waals surface area contributed by atoms with E-state index in [1.807, 2.05) is 0 Å². The summed E-state index contributed by atoms with van der Waals surface area (Å²) in [6.45, 7) is 1.93. The standard InChI is InChI=1S/C14H14BrFN2O2/c1-14(9-3-4-9)12(19)18(13(20)17-14)7-8-2-5-10(16)6-11(8)15/h2,5-6,9H,3-4,7H2,1H3,(H,17,20). The van der Waals surface area contributed by atoms with E-state index in [1.165, 1.54) is 17.0 Å². The lowest BCUT2D eigenvalue weighted by Crippen LogP contribution is -2.46. The maximum atomic E-state index is 13.1. The van der Waals surface area contributed by atoms with Crippen molar-refractivity contribution in [1.82, 2.24) is 10.2 Å². The molecule has 1 atom stereocenters. The quantitative estimate of drug-likeness (QED) is 0.860. The molecule has 1 aromatic carbocycles. The van der Waals surface area contributed by atoms with Gasteiger partial charge in [0.05, 0.1) is 6.54 Å². The summed E-state index contributed by atoms with van der Waals surface area (Å²) < 4.78 is 13.6. The van der Waals surface area contributed by atoms with E-state index >= 15 is 0 Å². The molecule has 2 fully saturated rings. The molecular formula is C14H14BrFN2O2. The Morgan fingerprint density at radius 2 is 2.15 bits per heavy atom. The molecule has 3 rings (SSSR count). The molecule has 1 aliphatic carbocycles. The second-order valence-corrected chi connectivity index (χ2v) is 6.39. The van der Waals surface area contributed by atoms with E-state index in [2.05, 4.69) is 21.2 Å². The second kappa shape index (κ2) is 4.55. The van der Waals surface area contributed by atoms with Gasteiger partial charge in [0.25, 0.3) is 5.91 Å². The van der Waals surface area contributed by atoms with Crippen LogP contribution in [0.15, 0.2) is 22.7 Å². The van der Waals surface area contributed by atoms with Crippen LogP contribution >= 0.6 is 15.9 Å². The zero-order valence-corrected chi connectivity index (χ0v) is 12.5. The lowest BCUT2D eigenvalue weighted by Gasteiger charge is -2.21. The molecule has 2 aliphatic rings. The molecule has 6 heteroatoms. The Kier molecular flexibility index (Phi) is 3.08. The van der Waals surface area contributed by atoms with Gasteiger partial charge in [0.2, 0.25) is 0 Å². The topological polar surface area (TPSA) is 49.4 Å². The van der Waals surface area contributed by atoms with Crippen molar-refractivity contribution in [3.05, 3.63) is 34.1 Å². The Labute approximate surface area is 124 Å². The normalized spacial score (nSPS) is 26.1. The molecular weight excluding hydrogens is 327 g/mol. The summed E-state index contributed by atoms with van der Waals surface area (Å²) >= 11 is 3.25. The number of rotatable bonds is 3. The van der Waals surface area contributed by atoms with E-state index in [-0.39, 0.29) is 30.2 Å². The third-order valence-electron chi connectivity index (χ3n) is 4.04. The van der Waals surface area contributed by atoms with Crippen LogP contribution < -0.4 is 5.32 Å². The average molecular weight is 341 g/mol. The number of imide groups is 1. The van der Waals surface area contributed by atoms with Crippen molar-refractivity contribution >= 4 is 27.9 Å². The summed E-state index contributed by atoms with van der Waals surface area (Å²) in [5, 5.41) is 2.79. The molecule has 0 radical (unpaired) electrons. The van der Waals surface area contributed by atoms with E-state index in [0.29, 0.717) is 10.0 Å². The Morgan fingerprint density at radius 3 is 2.75 bits per heavy atom. The number of carbonyl (C=O) groups excluding carboxylic acids is 2. The van der Waals surface area contributed by atoms with Crippen molar-refractivity contribution in [2.24, 2.45) is 5.92 Å². The van der Waals surface area contributed by atoms with Crippen molar-refractivity contribution in [3.8, 4) is 0 Å². The molecule has 0 bridgehead atoms. The first-order valence-corrected chi connectivity index (χ1v) is 7.29. The molecule has 1 saturated carbocycles. The molecule has 0 spiro atoms. The second-order valence-electron chi connectivity index (χ2n) is 5.53. The Bertz CT molecular complexity index is 603. The predicted molar refractivity (Wildman–Crippen MR) is 74.3 cm³/mol. The van der Waals surface area contributed by atoms with Crippen molar-refractivity contribution < 1.29 is 14.0 Å². The molecule has 106 valence electrons. The van der Waals surface area contributed by atoms with Gasteiger partial charge in [-0.1, -0.05) is 22.0 Å². The van der Waals surface area contributed by atoms with Crippen molar-refractivity contribution in [2.75, 3.05) is 0 Å². The molecule has 20 heavy (non-hydrogen) atoms. The molecule has 1 heterocycles. The molecule has 0 aromatic heterocycles. The Morgan fingerprint density at radius 1 is 1.45 bits per heavy atom. The summed E-state index contributed by atoms with van der Waals surface area (Å²) in [7, 11) is 0. The average Bonchev–Trinajstić information content (AvgIpc) is 3.18. The number of carbonyl (C=O) groups is 2. The first-order chi connectivity index (χ1) is 9.41. The molecule has 3 amide bonds. The summed E-state index contributed by atoms with van der Waals surface area (Å²) in [6.07, 6.45) is 1.94. The number of nitrogens with zero attached hydrogens (tertiary/aromatic N) is 1. The maximum absolute atomic E-state index is 13.1. The first kappa shape index (κ1) is 13.5. The summed E-state index contributed by atoms with van der Waals surface area (Å²) in [5.74, 6) is -0.317. The highest BCUT2D eigenvalue weighted by molar-refractivity contribution is 9.10. The third kappa shape index (κ3) is 2.12. The van der Waals surface area contributed by atoms with Crippen molar-refractivity contribution in [1.29, 1.82) is 0 Å². The summed E-state index contributed by atoms with van der Waals surface area (Å²) in [4.78, 5) is 25.7. The minimum atomic E-state index is -0.774. The van der Waals surface area contributed by atoms with E-state index in [9.17, 15) is 14.0 Å². The minimum absolute atomic E-state index is 0.147. The lowest BCUT2D eigenvalue weighted by molar-refractivity contribution is -0.131. The van der Waals surface area contributed by atoms with Gasteiger partial charge in [-0.25, -0.2) is 9.18 Å². The van der Waals surface area contributed by atoms with Gasteiger partial charge in [-0.05, 0) is 43.4 Å². The highest BCUT2D eigenvalue weighted by atomic mass is 79.9. The molecule has 1 saturated heterocycles. The zero-order valence-electron chi connectivity index (χ0n) is 11.0. The van der Waals surface area contributed by atoms with Crippen LogP contribution in [0.5, 0.6) is 0 Å². The number of urea groups is 1. The van der Waals surface area contributed by atoms with Crippen LogP contribution in [0.2, 0.25) is 0 Å². The number of hydrogen-bond acceptors (Lipinski definition) is 2. The SMILES string of the molecule is CC1(C2CC2)NC(=O)N(Cc2ccc(F)cc2Br)C1=O. The highest BCUT2D eigenvalue weighted by Gasteiger charge is 2.55. The Hall–Kier alpha value is -1.43. The third-order valence-corrected chi connectivity index (χ3v) is 4.78. The van der Waals surface area contributed by atoms with Crippen LogP contribution in [0.4, 0.5) is 9.18 Å². The van der Waals surface area contributed by atoms with Gasteiger partial charge in [0.1, 0.15) is 11.4 Å². The number of benzene rings is 1. The van der Waals surface area contributed by atoms with Crippen LogP contribution in [-0.4, -0.2) is 22.4 Å². The largest absolute Gasteiger partial charge is 0.325 e. The van der Waals surface area contributed by atoms with Crippen LogP contribution in [-0.2, 0) is 11.3 Å². The van der Waals surface area contributed by atoms with Crippen molar-refractivity contribution in [2.45, 2.75) is 31.8 Å². The lowest BCUT2D eigenvalue weighted by atomic mass is 9.96. The van der Waals surface area contributed by atoms with E-state index in [0.717, 1.165) is 12.8 Å².